The highest BCUT2D eigenvalue weighted by Gasteiger charge is 2.25. The number of aliphatic carboxylic acids is 1. The molecule has 8 nitrogen and oxygen atoms in total. The van der Waals surface area contributed by atoms with Gasteiger partial charge in [-0.15, -0.1) is 0 Å². The van der Waals surface area contributed by atoms with Gasteiger partial charge in [-0.05, 0) is 51.4 Å². The van der Waals surface area contributed by atoms with Crippen LogP contribution >= 0.6 is 0 Å². The molecule has 0 aromatic carbocycles. The predicted molar refractivity (Wildman–Crippen MR) is 282 cm³/mol. The number of ether oxygens (including phenoxy) is 3. The third-order valence-electron chi connectivity index (χ3n) is 13.0. The molecule has 0 rings (SSSR count). The van der Waals surface area contributed by atoms with Crippen LogP contribution in [0.1, 0.15) is 271 Å². The second kappa shape index (κ2) is 50.0. The fourth-order valence-electron chi connectivity index (χ4n) is 8.61. The van der Waals surface area contributed by atoms with E-state index in [-0.39, 0.29) is 42.7 Å². The lowest BCUT2D eigenvalue weighted by Gasteiger charge is -2.34. The molecule has 0 N–H and O–H groups in total. The molecule has 0 fully saturated rings. The Labute approximate surface area is 414 Å². The van der Waals surface area contributed by atoms with Crippen LogP contribution in [0.5, 0.6) is 0 Å². The molecule has 0 spiro atoms. The molecule has 0 radical (unpaired) electrons. The van der Waals surface area contributed by atoms with Crippen LogP contribution in [0.2, 0.25) is 0 Å². The van der Waals surface area contributed by atoms with E-state index in [0.717, 1.165) is 64.2 Å². The molecule has 0 heterocycles. The lowest BCUT2D eigenvalue weighted by atomic mass is 10.0. The zero-order valence-corrected chi connectivity index (χ0v) is 44.8. The first-order valence-electron chi connectivity index (χ1n) is 28.5. The van der Waals surface area contributed by atoms with Gasteiger partial charge in [0, 0.05) is 19.3 Å². The molecule has 0 saturated carbocycles. The first-order chi connectivity index (χ1) is 32.6. The van der Waals surface area contributed by atoms with E-state index >= 15 is 0 Å². The van der Waals surface area contributed by atoms with Crippen molar-refractivity contribution >= 4 is 17.9 Å². The first kappa shape index (κ1) is 64.5. The zero-order chi connectivity index (χ0) is 49.2. The van der Waals surface area contributed by atoms with Crippen molar-refractivity contribution in [1.29, 1.82) is 0 Å². The van der Waals surface area contributed by atoms with E-state index in [9.17, 15) is 19.5 Å². The molecule has 0 aliphatic carbocycles. The van der Waals surface area contributed by atoms with Crippen molar-refractivity contribution < 1.29 is 38.2 Å². The summed E-state index contributed by atoms with van der Waals surface area (Å²) in [6.07, 6.45) is 60.4. The van der Waals surface area contributed by atoms with Crippen LogP contribution in [0.4, 0.5) is 0 Å². The number of esters is 2. The lowest BCUT2D eigenvalue weighted by Crippen LogP contribution is -2.55. The molecule has 0 amide bonds. The third-order valence-corrected chi connectivity index (χ3v) is 13.0. The molecule has 0 saturated heterocycles. The molecule has 0 aliphatic rings. The average molecular weight is 945 g/mol. The van der Waals surface area contributed by atoms with Crippen molar-refractivity contribution in [2.45, 2.75) is 283 Å². The van der Waals surface area contributed by atoms with Crippen molar-refractivity contribution in [1.82, 2.24) is 0 Å². The van der Waals surface area contributed by atoms with Gasteiger partial charge < -0.3 is 28.6 Å². The SMILES string of the molecule is CCCCC/C=C\C/C=C\C/C=C\CCCCCCCCC(=O)OC(COCCC(C(=O)[O-])[N+](C)(C)C)COC(=O)CCCCCCCCCCCCCCCCCCCCCCCCCC. The summed E-state index contributed by atoms with van der Waals surface area (Å²) in [6, 6.07) is -0.728. The van der Waals surface area contributed by atoms with Crippen molar-refractivity contribution in [2.75, 3.05) is 41.0 Å². The standard InChI is InChI=1S/C59H109NO7/c1-6-8-10-12-14-16-18-20-22-24-26-27-28-29-30-32-33-35-37-39-41-43-45-47-49-57(61)66-54-55(53-65-52-51-56(59(63)64)60(3,4)5)67-58(62)50-48-46-44-42-40-38-36-34-31-25-23-21-19-17-15-13-11-9-7-2/h15,17,21,23,31,34,55-56H,6-14,16,18-20,22,24-30,32-33,35-54H2,1-5H3/b17-15-,23-21-,34-31-. The topological polar surface area (TPSA) is 102 Å². The summed E-state index contributed by atoms with van der Waals surface area (Å²) in [6.45, 7) is 4.67. The predicted octanol–water partition coefficient (Wildman–Crippen LogP) is 15.6. The van der Waals surface area contributed by atoms with Gasteiger partial charge in [0.2, 0.25) is 0 Å². The molecule has 392 valence electrons. The van der Waals surface area contributed by atoms with Crippen molar-refractivity contribution in [3.05, 3.63) is 36.5 Å². The molecule has 0 bridgehead atoms. The van der Waals surface area contributed by atoms with Gasteiger partial charge in [0.1, 0.15) is 12.6 Å². The maximum Gasteiger partial charge on any atom is 0.306 e. The highest BCUT2D eigenvalue weighted by Crippen LogP contribution is 2.17. The Bertz CT molecular complexity index is 1190. The molecule has 0 aromatic rings. The van der Waals surface area contributed by atoms with Crippen LogP contribution < -0.4 is 5.11 Å². The van der Waals surface area contributed by atoms with Crippen molar-refractivity contribution in [3.63, 3.8) is 0 Å². The van der Waals surface area contributed by atoms with Crippen LogP contribution in [0, 0.1) is 0 Å². The fourth-order valence-corrected chi connectivity index (χ4v) is 8.61. The van der Waals surface area contributed by atoms with Crippen LogP contribution in [0.25, 0.3) is 0 Å². The summed E-state index contributed by atoms with van der Waals surface area (Å²) in [4.78, 5) is 37.1. The van der Waals surface area contributed by atoms with Crippen LogP contribution in [-0.4, -0.2) is 75.5 Å². The molecule has 0 aliphatic heterocycles. The Morgan fingerprint density at radius 3 is 1.19 bits per heavy atom. The molecule has 8 heteroatoms. The van der Waals surface area contributed by atoms with Crippen LogP contribution in [0.15, 0.2) is 36.5 Å². The fraction of sp³-hybridized carbons (Fsp3) is 0.847. The Morgan fingerprint density at radius 1 is 0.448 bits per heavy atom. The zero-order valence-electron chi connectivity index (χ0n) is 44.8. The Hall–Kier alpha value is -2.45. The Kier molecular flexibility index (Phi) is 48.1. The quantitative estimate of drug-likeness (QED) is 0.0259. The van der Waals surface area contributed by atoms with E-state index in [4.69, 9.17) is 14.2 Å². The molecule has 2 atom stereocenters. The van der Waals surface area contributed by atoms with Gasteiger partial charge in [-0.3, -0.25) is 9.59 Å². The van der Waals surface area contributed by atoms with E-state index in [1.165, 1.54) is 173 Å². The number of nitrogens with zero attached hydrogens (tertiary/aromatic N) is 1. The van der Waals surface area contributed by atoms with Gasteiger partial charge >= 0.3 is 11.9 Å². The number of carbonyl (C=O) groups is 3. The number of carboxylic acid groups (broad SMARTS) is 1. The maximum absolute atomic E-state index is 12.8. The number of hydrogen-bond donors (Lipinski definition) is 0. The minimum Gasteiger partial charge on any atom is -0.544 e. The maximum atomic E-state index is 12.8. The number of unbranched alkanes of at least 4 members (excludes halogenated alkanes) is 32. The monoisotopic (exact) mass is 944 g/mol. The minimum absolute atomic E-state index is 0.0384. The van der Waals surface area contributed by atoms with E-state index in [1.807, 2.05) is 21.1 Å². The number of quaternary nitrogens is 1. The van der Waals surface area contributed by atoms with Crippen LogP contribution in [0.3, 0.4) is 0 Å². The number of likely N-dealkylation sites (N-methyl/N-ethyl adjacent to an activating group) is 1. The van der Waals surface area contributed by atoms with Gasteiger partial charge in [0.25, 0.3) is 0 Å². The number of hydrogen-bond acceptors (Lipinski definition) is 7. The lowest BCUT2D eigenvalue weighted by molar-refractivity contribution is -0.889. The summed E-state index contributed by atoms with van der Waals surface area (Å²) in [5, 5.41) is 11.7. The average Bonchev–Trinajstić information content (AvgIpc) is 3.29. The Balaban J connectivity index is 4.15. The molecule has 67 heavy (non-hydrogen) atoms. The van der Waals surface area contributed by atoms with Gasteiger partial charge in [-0.25, -0.2) is 0 Å². The largest absolute Gasteiger partial charge is 0.544 e. The Morgan fingerprint density at radius 2 is 0.791 bits per heavy atom. The first-order valence-corrected chi connectivity index (χ1v) is 28.5. The summed E-state index contributed by atoms with van der Waals surface area (Å²) in [5.74, 6) is -1.73. The third kappa shape index (κ3) is 48.4. The van der Waals surface area contributed by atoms with E-state index in [0.29, 0.717) is 12.8 Å². The molecular formula is C59H109NO7. The second-order valence-corrected chi connectivity index (χ2v) is 20.5. The number of allylic oxidation sites excluding steroid dienone is 6. The van der Waals surface area contributed by atoms with E-state index < -0.39 is 18.1 Å². The summed E-state index contributed by atoms with van der Waals surface area (Å²) in [5.41, 5.74) is 0. The minimum atomic E-state index is -1.12. The van der Waals surface area contributed by atoms with E-state index in [2.05, 4.69) is 50.3 Å². The van der Waals surface area contributed by atoms with Gasteiger partial charge in [-0.2, -0.15) is 0 Å². The normalized spacial score (nSPS) is 13.0. The van der Waals surface area contributed by atoms with Gasteiger partial charge in [-0.1, -0.05) is 237 Å². The highest BCUT2D eigenvalue weighted by molar-refractivity contribution is 5.70. The summed E-state index contributed by atoms with van der Waals surface area (Å²) in [7, 11) is 5.42. The van der Waals surface area contributed by atoms with Crippen molar-refractivity contribution in [2.24, 2.45) is 0 Å². The highest BCUT2D eigenvalue weighted by atomic mass is 16.6. The smallest absolute Gasteiger partial charge is 0.306 e. The van der Waals surface area contributed by atoms with Crippen molar-refractivity contribution in [3.8, 4) is 0 Å². The molecular weight excluding hydrogens is 835 g/mol. The molecule has 2 unspecified atom stereocenters. The molecule has 0 aromatic heterocycles. The van der Waals surface area contributed by atoms with Gasteiger partial charge in [0.15, 0.2) is 6.10 Å². The second-order valence-electron chi connectivity index (χ2n) is 20.5. The van der Waals surface area contributed by atoms with Gasteiger partial charge in [0.05, 0.1) is 40.3 Å². The number of rotatable bonds is 52. The number of carboxylic acids is 1. The van der Waals surface area contributed by atoms with E-state index in [1.54, 1.807) is 0 Å². The van der Waals surface area contributed by atoms with Crippen LogP contribution in [-0.2, 0) is 28.6 Å². The summed E-state index contributed by atoms with van der Waals surface area (Å²) >= 11 is 0. The summed E-state index contributed by atoms with van der Waals surface area (Å²) < 4.78 is 17.3. The number of carbonyl (C=O) groups excluding carboxylic acids is 3.